The summed E-state index contributed by atoms with van der Waals surface area (Å²) >= 11 is 0. The van der Waals surface area contributed by atoms with Crippen LogP contribution in [-0.2, 0) is 11.2 Å². The molecule has 0 aromatic heterocycles. The van der Waals surface area contributed by atoms with Crippen molar-refractivity contribution in [3.63, 3.8) is 0 Å². The molecule has 2 aliphatic rings. The van der Waals surface area contributed by atoms with Gasteiger partial charge >= 0.3 is 6.03 Å². The molecule has 0 unspecified atom stereocenters. The molecule has 1 aromatic rings. The summed E-state index contributed by atoms with van der Waals surface area (Å²) in [4.78, 5) is 26.7. The van der Waals surface area contributed by atoms with E-state index in [2.05, 4.69) is 10.6 Å². The number of imide groups is 1. The number of carbonyl (C=O) groups is 2. The third kappa shape index (κ3) is 3.34. The summed E-state index contributed by atoms with van der Waals surface area (Å²) in [6.07, 6.45) is 2.06. The van der Waals surface area contributed by atoms with Gasteiger partial charge in [-0.1, -0.05) is 12.1 Å². The fourth-order valence-electron chi connectivity index (χ4n) is 3.91. The van der Waals surface area contributed by atoms with Crippen LogP contribution >= 0.6 is 0 Å². The molecule has 3 amide bonds. The third-order valence-electron chi connectivity index (χ3n) is 5.18. The number of amides is 3. The summed E-state index contributed by atoms with van der Waals surface area (Å²) in [6, 6.07) is 7.17. The largest absolute Gasteiger partial charge is 0.497 e. The zero-order valence-corrected chi connectivity index (χ0v) is 14.5. The number of methoxy groups -OCH3 is 1. The molecule has 0 saturated carbocycles. The van der Waals surface area contributed by atoms with E-state index in [9.17, 15) is 14.7 Å². The molecule has 1 atom stereocenters. The average Bonchev–Trinajstić information content (AvgIpc) is 2.88. The van der Waals surface area contributed by atoms with E-state index in [1.54, 1.807) is 7.11 Å². The molecule has 2 saturated heterocycles. The minimum atomic E-state index is -0.958. The van der Waals surface area contributed by atoms with Crippen LogP contribution in [0.3, 0.4) is 0 Å². The lowest BCUT2D eigenvalue weighted by Gasteiger charge is -2.38. The predicted octanol–water partition coefficient (Wildman–Crippen LogP) is 0.520. The van der Waals surface area contributed by atoms with Crippen molar-refractivity contribution in [2.75, 3.05) is 33.4 Å². The molecule has 2 fully saturated rings. The first-order chi connectivity index (χ1) is 12.1. The summed E-state index contributed by atoms with van der Waals surface area (Å²) in [5, 5.41) is 15.5. The van der Waals surface area contributed by atoms with Crippen molar-refractivity contribution in [3.05, 3.63) is 29.8 Å². The normalized spacial score (nSPS) is 24.5. The summed E-state index contributed by atoms with van der Waals surface area (Å²) in [7, 11) is 1.60. The van der Waals surface area contributed by atoms with Gasteiger partial charge in [0.15, 0.2) is 0 Å². The molecule has 2 heterocycles. The number of ether oxygens (including phenoxy) is 1. The Bertz CT molecular complexity index is 645. The van der Waals surface area contributed by atoms with Crippen LogP contribution in [-0.4, -0.2) is 60.8 Å². The SMILES string of the molecule is COc1cccc(C[C@@]2(C3CCNCC3)NC(=O)N(CCO)C2=O)c1. The highest BCUT2D eigenvalue weighted by molar-refractivity contribution is 6.07. The fraction of sp³-hybridized carbons (Fsp3) is 0.556. The highest BCUT2D eigenvalue weighted by Gasteiger charge is 2.55. The van der Waals surface area contributed by atoms with Gasteiger partial charge in [-0.25, -0.2) is 4.79 Å². The van der Waals surface area contributed by atoms with Gasteiger partial charge in [0.2, 0.25) is 0 Å². The number of hydrogen-bond donors (Lipinski definition) is 3. The highest BCUT2D eigenvalue weighted by Crippen LogP contribution is 2.35. The van der Waals surface area contributed by atoms with Crippen LogP contribution in [0.15, 0.2) is 24.3 Å². The van der Waals surface area contributed by atoms with E-state index < -0.39 is 11.6 Å². The zero-order valence-electron chi connectivity index (χ0n) is 14.5. The number of aliphatic hydroxyl groups is 1. The van der Waals surface area contributed by atoms with Crippen LogP contribution in [0.2, 0.25) is 0 Å². The number of benzene rings is 1. The van der Waals surface area contributed by atoms with Gasteiger partial charge in [0, 0.05) is 6.42 Å². The van der Waals surface area contributed by atoms with Crippen LogP contribution in [0.4, 0.5) is 4.79 Å². The average molecular weight is 347 g/mol. The van der Waals surface area contributed by atoms with E-state index in [-0.39, 0.29) is 25.0 Å². The van der Waals surface area contributed by atoms with Crippen molar-refractivity contribution >= 4 is 11.9 Å². The van der Waals surface area contributed by atoms with Crippen LogP contribution in [0.5, 0.6) is 5.75 Å². The Morgan fingerprint density at radius 2 is 2.08 bits per heavy atom. The van der Waals surface area contributed by atoms with E-state index in [4.69, 9.17) is 4.74 Å². The topological polar surface area (TPSA) is 90.9 Å². The lowest BCUT2D eigenvalue weighted by Crippen LogP contribution is -2.57. The monoisotopic (exact) mass is 347 g/mol. The lowest BCUT2D eigenvalue weighted by atomic mass is 9.74. The maximum atomic E-state index is 13.2. The number of piperidine rings is 1. The van der Waals surface area contributed by atoms with E-state index >= 15 is 0 Å². The third-order valence-corrected chi connectivity index (χ3v) is 5.18. The maximum absolute atomic E-state index is 13.2. The van der Waals surface area contributed by atoms with Crippen molar-refractivity contribution in [2.24, 2.45) is 5.92 Å². The van der Waals surface area contributed by atoms with Crippen molar-refractivity contribution in [3.8, 4) is 5.75 Å². The Balaban J connectivity index is 1.94. The first-order valence-electron chi connectivity index (χ1n) is 8.69. The van der Waals surface area contributed by atoms with Crippen LogP contribution in [0, 0.1) is 5.92 Å². The molecule has 0 spiro atoms. The molecule has 0 bridgehead atoms. The molecule has 3 rings (SSSR count). The van der Waals surface area contributed by atoms with Gasteiger partial charge in [-0.3, -0.25) is 9.69 Å². The summed E-state index contributed by atoms with van der Waals surface area (Å²) in [5.41, 5.74) is -0.0156. The van der Waals surface area contributed by atoms with Gasteiger partial charge in [-0.05, 0) is 49.5 Å². The van der Waals surface area contributed by atoms with Gasteiger partial charge in [-0.15, -0.1) is 0 Å². The Hall–Kier alpha value is -2.12. The minimum Gasteiger partial charge on any atom is -0.497 e. The number of urea groups is 1. The van der Waals surface area contributed by atoms with Gasteiger partial charge in [-0.2, -0.15) is 0 Å². The van der Waals surface area contributed by atoms with Crippen molar-refractivity contribution in [1.29, 1.82) is 0 Å². The van der Waals surface area contributed by atoms with Crippen molar-refractivity contribution in [2.45, 2.75) is 24.8 Å². The number of aliphatic hydroxyl groups excluding tert-OH is 1. The Morgan fingerprint density at radius 3 is 2.76 bits per heavy atom. The number of β-amino-alcohol motifs (C(OH)–C–C–N with tert-alkyl or cyclic N) is 1. The van der Waals surface area contributed by atoms with Crippen molar-refractivity contribution in [1.82, 2.24) is 15.5 Å². The Labute approximate surface area is 147 Å². The van der Waals surface area contributed by atoms with E-state index in [0.29, 0.717) is 6.42 Å². The number of rotatable bonds is 6. The van der Waals surface area contributed by atoms with Gasteiger partial charge in [0.05, 0.1) is 20.3 Å². The standard InChI is InChI=1S/C18H25N3O4/c1-25-15-4-2-3-13(11-15)12-18(14-5-7-19-8-6-14)16(23)21(9-10-22)17(24)20-18/h2-4,11,14,19,22H,5-10,12H2,1H3,(H,20,24)/t18-/m0/s1. The molecule has 3 N–H and O–H groups in total. The second kappa shape index (κ2) is 7.41. The molecular formula is C18H25N3O4. The molecule has 7 heteroatoms. The molecule has 1 aromatic carbocycles. The maximum Gasteiger partial charge on any atom is 0.325 e. The first-order valence-corrected chi connectivity index (χ1v) is 8.69. The van der Waals surface area contributed by atoms with Gasteiger partial charge < -0.3 is 20.5 Å². The fourth-order valence-corrected chi connectivity index (χ4v) is 3.91. The second-order valence-corrected chi connectivity index (χ2v) is 6.63. The molecule has 7 nitrogen and oxygen atoms in total. The number of carbonyl (C=O) groups excluding carboxylic acids is 2. The molecular weight excluding hydrogens is 322 g/mol. The number of hydrogen-bond acceptors (Lipinski definition) is 5. The van der Waals surface area contributed by atoms with E-state index in [1.807, 2.05) is 24.3 Å². The predicted molar refractivity (Wildman–Crippen MR) is 92.4 cm³/mol. The highest BCUT2D eigenvalue weighted by atomic mass is 16.5. The molecule has 2 aliphatic heterocycles. The smallest absolute Gasteiger partial charge is 0.325 e. The van der Waals surface area contributed by atoms with Crippen LogP contribution in [0.25, 0.3) is 0 Å². The van der Waals surface area contributed by atoms with Crippen molar-refractivity contribution < 1.29 is 19.4 Å². The Kier molecular flexibility index (Phi) is 5.24. The second-order valence-electron chi connectivity index (χ2n) is 6.63. The van der Waals surface area contributed by atoms with Crippen LogP contribution in [0.1, 0.15) is 18.4 Å². The first kappa shape index (κ1) is 17.7. The molecule has 0 radical (unpaired) electrons. The summed E-state index contributed by atoms with van der Waals surface area (Å²) in [5.74, 6) is 0.545. The zero-order chi connectivity index (χ0) is 17.9. The van der Waals surface area contributed by atoms with E-state index in [1.165, 1.54) is 0 Å². The van der Waals surface area contributed by atoms with E-state index in [0.717, 1.165) is 42.1 Å². The molecule has 25 heavy (non-hydrogen) atoms. The minimum absolute atomic E-state index is 0.0233. The Morgan fingerprint density at radius 1 is 1.32 bits per heavy atom. The summed E-state index contributed by atoms with van der Waals surface area (Å²) in [6.45, 7) is 1.44. The number of nitrogens with zero attached hydrogens (tertiary/aromatic N) is 1. The van der Waals surface area contributed by atoms with Gasteiger partial charge in [0.1, 0.15) is 11.3 Å². The summed E-state index contributed by atoms with van der Waals surface area (Å²) < 4.78 is 5.28. The van der Waals surface area contributed by atoms with Crippen LogP contribution < -0.4 is 15.4 Å². The lowest BCUT2D eigenvalue weighted by molar-refractivity contribution is -0.134. The molecule has 136 valence electrons. The van der Waals surface area contributed by atoms with Gasteiger partial charge in [0.25, 0.3) is 5.91 Å². The number of nitrogens with one attached hydrogen (secondary N) is 2. The molecule has 0 aliphatic carbocycles. The quantitative estimate of drug-likeness (QED) is 0.653.